The van der Waals surface area contributed by atoms with Crippen LogP contribution in [-0.2, 0) is 4.79 Å². The van der Waals surface area contributed by atoms with Gasteiger partial charge in [-0.3, -0.25) is 9.69 Å². The van der Waals surface area contributed by atoms with Crippen LogP contribution in [0.1, 0.15) is 38.7 Å². The normalized spacial score (nSPS) is 19.4. The molecule has 0 saturated carbocycles. The van der Waals surface area contributed by atoms with Crippen molar-refractivity contribution in [3.05, 3.63) is 17.0 Å². The number of nitriles is 1. The molecule has 5 nitrogen and oxygen atoms in total. The molecule has 0 aromatic carbocycles. The first-order valence-electron chi connectivity index (χ1n) is 7.15. The van der Waals surface area contributed by atoms with E-state index in [4.69, 9.17) is 5.26 Å². The van der Waals surface area contributed by atoms with Crippen LogP contribution >= 0.6 is 11.3 Å². The second-order valence-corrected chi connectivity index (χ2v) is 6.84. The Balaban J connectivity index is 1.86. The predicted molar refractivity (Wildman–Crippen MR) is 83.2 cm³/mol. The van der Waals surface area contributed by atoms with Crippen LogP contribution in [0.15, 0.2) is 11.4 Å². The van der Waals surface area contributed by atoms with Gasteiger partial charge < -0.3 is 10.4 Å². The van der Waals surface area contributed by atoms with E-state index >= 15 is 0 Å². The topological polar surface area (TPSA) is 76.4 Å². The Labute approximate surface area is 129 Å². The van der Waals surface area contributed by atoms with Crippen LogP contribution in [0.5, 0.6) is 0 Å². The van der Waals surface area contributed by atoms with E-state index in [-0.39, 0.29) is 11.9 Å². The minimum Gasteiger partial charge on any atom is -0.389 e. The number of aliphatic hydroxyl groups is 1. The molecule has 1 unspecified atom stereocenters. The van der Waals surface area contributed by atoms with E-state index in [9.17, 15) is 9.90 Å². The summed E-state index contributed by atoms with van der Waals surface area (Å²) in [5.41, 5.74) is -0.238. The monoisotopic (exact) mass is 307 g/mol. The molecule has 2 rings (SSSR count). The number of carbonyl (C=O) groups is 1. The fourth-order valence-corrected chi connectivity index (χ4v) is 3.58. The number of amides is 1. The summed E-state index contributed by atoms with van der Waals surface area (Å²) in [7, 11) is 0. The number of nitrogens with one attached hydrogen (secondary N) is 1. The molecule has 1 aromatic rings. The fourth-order valence-electron chi connectivity index (χ4n) is 2.82. The third-order valence-electron chi connectivity index (χ3n) is 3.84. The first kappa shape index (κ1) is 16.0. The Kier molecular flexibility index (Phi) is 4.99. The summed E-state index contributed by atoms with van der Waals surface area (Å²) in [5, 5.41) is 24.3. The van der Waals surface area contributed by atoms with E-state index in [0.29, 0.717) is 23.5 Å². The SMILES string of the molecule is CC(C)(O)C1CCCN1CCC(=O)Nc1sccc1C#N. The van der Waals surface area contributed by atoms with Crippen molar-refractivity contribution in [2.75, 3.05) is 18.4 Å². The molecule has 0 bridgehead atoms. The lowest BCUT2D eigenvalue weighted by atomic mass is 9.96. The van der Waals surface area contributed by atoms with Crippen molar-refractivity contribution in [2.24, 2.45) is 0 Å². The highest BCUT2D eigenvalue weighted by Crippen LogP contribution is 2.27. The van der Waals surface area contributed by atoms with Crippen LogP contribution < -0.4 is 5.32 Å². The lowest BCUT2D eigenvalue weighted by Gasteiger charge is -2.33. The van der Waals surface area contributed by atoms with Gasteiger partial charge in [0.15, 0.2) is 0 Å². The second-order valence-electron chi connectivity index (χ2n) is 5.92. The van der Waals surface area contributed by atoms with Crippen LogP contribution in [0.3, 0.4) is 0 Å². The molecule has 1 aromatic heterocycles. The number of thiophene rings is 1. The first-order chi connectivity index (χ1) is 9.91. The maximum atomic E-state index is 12.0. The quantitative estimate of drug-likeness (QED) is 0.874. The van der Waals surface area contributed by atoms with E-state index in [0.717, 1.165) is 19.4 Å². The molecule has 0 spiro atoms. The molecule has 1 amide bonds. The standard InChI is InChI=1S/C15H21N3O2S/c1-15(2,20)12-4-3-7-18(12)8-5-13(19)17-14-11(10-16)6-9-21-14/h6,9,12,20H,3-5,7-8H2,1-2H3,(H,17,19). The minimum atomic E-state index is -0.741. The largest absolute Gasteiger partial charge is 0.389 e. The Bertz CT molecular complexity index is 542. The van der Waals surface area contributed by atoms with Gasteiger partial charge in [-0.25, -0.2) is 0 Å². The van der Waals surface area contributed by atoms with E-state index in [2.05, 4.69) is 16.3 Å². The van der Waals surface area contributed by atoms with Crippen LogP contribution in [0, 0.1) is 11.3 Å². The maximum Gasteiger partial charge on any atom is 0.226 e. The molecular weight excluding hydrogens is 286 g/mol. The number of nitrogens with zero attached hydrogens (tertiary/aromatic N) is 2. The Morgan fingerprint density at radius 1 is 1.67 bits per heavy atom. The summed E-state index contributed by atoms with van der Waals surface area (Å²) in [4.78, 5) is 14.2. The van der Waals surface area contributed by atoms with Gasteiger partial charge in [0.2, 0.25) is 5.91 Å². The smallest absolute Gasteiger partial charge is 0.226 e. The van der Waals surface area contributed by atoms with Crippen LogP contribution in [0.2, 0.25) is 0 Å². The van der Waals surface area contributed by atoms with E-state index in [1.165, 1.54) is 11.3 Å². The van der Waals surface area contributed by atoms with Crippen molar-refractivity contribution >= 4 is 22.2 Å². The Morgan fingerprint density at radius 3 is 3.10 bits per heavy atom. The molecule has 114 valence electrons. The van der Waals surface area contributed by atoms with Gasteiger partial charge in [-0.15, -0.1) is 11.3 Å². The third kappa shape index (κ3) is 4.03. The lowest BCUT2D eigenvalue weighted by Crippen LogP contribution is -2.46. The average molecular weight is 307 g/mol. The average Bonchev–Trinajstić information content (AvgIpc) is 3.03. The van der Waals surface area contributed by atoms with E-state index in [1.54, 1.807) is 11.4 Å². The van der Waals surface area contributed by atoms with Crippen molar-refractivity contribution in [1.29, 1.82) is 5.26 Å². The van der Waals surface area contributed by atoms with Gasteiger partial charge in [-0.05, 0) is 44.7 Å². The summed E-state index contributed by atoms with van der Waals surface area (Å²) in [6, 6.07) is 3.87. The number of carbonyl (C=O) groups excluding carboxylic acids is 1. The lowest BCUT2D eigenvalue weighted by molar-refractivity contribution is -0.116. The van der Waals surface area contributed by atoms with Crippen molar-refractivity contribution in [3.63, 3.8) is 0 Å². The van der Waals surface area contributed by atoms with Gasteiger partial charge in [0, 0.05) is 19.0 Å². The molecular formula is C15H21N3O2S. The van der Waals surface area contributed by atoms with E-state index < -0.39 is 5.60 Å². The molecule has 2 N–H and O–H groups in total. The molecule has 1 aliphatic heterocycles. The summed E-state index contributed by atoms with van der Waals surface area (Å²) in [6.45, 7) is 5.19. The summed E-state index contributed by atoms with van der Waals surface area (Å²) in [6.07, 6.45) is 2.39. The van der Waals surface area contributed by atoms with Crippen LogP contribution in [0.4, 0.5) is 5.00 Å². The zero-order valence-electron chi connectivity index (χ0n) is 12.4. The summed E-state index contributed by atoms with van der Waals surface area (Å²) in [5.74, 6) is -0.0876. The summed E-state index contributed by atoms with van der Waals surface area (Å²) >= 11 is 1.36. The molecule has 21 heavy (non-hydrogen) atoms. The molecule has 0 radical (unpaired) electrons. The minimum absolute atomic E-state index is 0.0876. The first-order valence-corrected chi connectivity index (χ1v) is 8.03. The summed E-state index contributed by atoms with van der Waals surface area (Å²) < 4.78 is 0. The Hall–Kier alpha value is -1.42. The fraction of sp³-hybridized carbons (Fsp3) is 0.600. The zero-order valence-corrected chi connectivity index (χ0v) is 13.2. The van der Waals surface area contributed by atoms with Crippen molar-refractivity contribution < 1.29 is 9.90 Å². The highest BCUT2D eigenvalue weighted by atomic mass is 32.1. The van der Waals surface area contributed by atoms with Gasteiger partial charge in [-0.2, -0.15) is 5.26 Å². The number of rotatable bonds is 5. The molecule has 1 atom stereocenters. The highest BCUT2D eigenvalue weighted by Gasteiger charge is 2.35. The molecule has 1 saturated heterocycles. The maximum absolute atomic E-state index is 12.0. The molecule has 0 aliphatic carbocycles. The number of hydrogen-bond acceptors (Lipinski definition) is 5. The van der Waals surface area contributed by atoms with Crippen molar-refractivity contribution in [3.8, 4) is 6.07 Å². The molecule has 6 heteroatoms. The Morgan fingerprint density at radius 2 is 2.43 bits per heavy atom. The van der Waals surface area contributed by atoms with Gasteiger partial charge in [0.05, 0.1) is 11.2 Å². The molecule has 2 heterocycles. The van der Waals surface area contributed by atoms with Gasteiger partial charge in [0.25, 0.3) is 0 Å². The van der Waals surface area contributed by atoms with Gasteiger partial charge >= 0.3 is 0 Å². The number of anilines is 1. The second kappa shape index (κ2) is 6.56. The van der Waals surface area contributed by atoms with Crippen LogP contribution in [0.25, 0.3) is 0 Å². The van der Waals surface area contributed by atoms with E-state index in [1.807, 2.05) is 13.8 Å². The predicted octanol–water partition coefficient (Wildman–Crippen LogP) is 2.18. The van der Waals surface area contributed by atoms with Gasteiger partial charge in [0.1, 0.15) is 11.1 Å². The zero-order chi connectivity index (χ0) is 15.5. The van der Waals surface area contributed by atoms with Gasteiger partial charge in [-0.1, -0.05) is 0 Å². The van der Waals surface area contributed by atoms with Crippen LogP contribution in [-0.4, -0.2) is 40.6 Å². The highest BCUT2D eigenvalue weighted by molar-refractivity contribution is 7.14. The molecule has 1 aliphatic rings. The molecule has 1 fully saturated rings. The number of hydrogen-bond donors (Lipinski definition) is 2. The van der Waals surface area contributed by atoms with Crippen molar-refractivity contribution in [2.45, 2.75) is 44.8 Å². The van der Waals surface area contributed by atoms with Crippen molar-refractivity contribution in [1.82, 2.24) is 4.90 Å². The number of likely N-dealkylation sites (tertiary alicyclic amines) is 1. The third-order valence-corrected chi connectivity index (χ3v) is 4.67.